The van der Waals surface area contributed by atoms with Crippen LogP contribution in [-0.4, -0.2) is 22.6 Å². The molecule has 23 heavy (non-hydrogen) atoms. The number of ketones is 1. The van der Waals surface area contributed by atoms with Crippen LogP contribution in [0.3, 0.4) is 0 Å². The van der Waals surface area contributed by atoms with E-state index in [1.54, 1.807) is 0 Å². The molecule has 4 nitrogen and oxygen atoms in total. The fourth-order valence-electron chi connectivity index (χ4n) is 2.33. The van der Waals surface area contributed by atoms with Gasteiger partial charge in [0.1, 0.15) is 11.3 Å². The highest BCUT2D eigenvalue weighted by atomic mass is 19.4. The highest BCUT2D eigenvalue weighted by Crippen LogP contribution is 2.32. The van der Waals surface area contributed by atoms with Gasteiger partial charge in [0.25, 0.3) is 17.2 Å². The third-order valence-electron chi connectivity index (χ3n) is 3.19. The average Bonchev–Trinajstić information content (AvgIpc) is 2.70. The van der Waals surface area contributed by atoms with Crippen molar-refractivity contribution in [2.24, 2.45) is 0 Å². The van der Waals surface area contributed by atoms with E-state index in [1.807, 2.05) is 0 Å². The van der Waals surface area contributed by atoms with E-state index < -0.39 is 35.1 Å². The number of benzene rings is 2. The first-order valence-electron chi connectivity index (χ1n) is 6.31. The number of ether oxygens (including phenoxy) is 1. The Labute approximate surface area is 126 Å². The summed E-state index contributed by atoms with van der Waals surface area (Å²) in [5.41, 5.74) is -1.15. The molecule has 118 valence electrons. The van der Waals surface area contributed by atoms with Crippen LogP contribution in [0, 0.1) is 11.0 Å². The number of Topliss-reactive ketones (excluding diaryl/α,β-unsaturated/α-hetero) is 1. The number of nitrogens with zero attached hydrogens (tertiary/aromatic N) is 1. The quantitative estimate of drug-likeness (QED) is 0.482. The van der Waals surface area contributed by atoms with E-state index in [4.69, 9.17) is 0 Å². The first kappa shape index (κ1) is 15.0. The molecule has 0 spiro atoms. The first-order valence-corrected chi connectivity index (χ1v) is 6.31. The molecule has 2 aromatic carbocycles. The zero-order chi connectivity index (χ0) is 16.8. The van der Waals surface area contributed by atoms with E-state index in [0.29, 0.717) is 0 Å². The van der Waals surface area contributed by atoms with E-state index in [0.717, 1.165) is 18.2 Å². The van der Waals surface area contributed by atoms with Crippen molar-refractivity contribution in [1.29, 1.82) is 0 Å². The lowest BCUT2D eigenvalue weighted by Crippen LogP contribution is -2.19. The zero-order valence-corrected chi connectivity index (χ0v) is 11.2. The van der Waals surface area contributed by atoms with E-state index in [1.165, 1.54) is 24.3 Å². The second-order valence-corrected chi connectivity index (χ2v) is 4.68. The van der Waals surface area contributed by atoms with Gasteiger partial charge in [0.2, 0.25) is 0 Å². The number of para-hydroxylation sites is 1. The monoisotopic (exact) mass is 325 g/mol. The van der Waals surface area contributed by atoms with Crippen molar-refractivity contribution in [3.05, 3.63) is 64.6 Å². The number of hydrogen-bond donors (Lipinski definition) is 0. The number of carbonyl (C=O) groups is 1. The van der Waals surface area contributed by atoms with Crippen molar-refractivity contribution >= 4 is 17.2 Å². The Hall–Kier alpha value is -2.90. The van der Waals surface area contributed by atoms with E-state index >= 15 is 0 Å². The number of carbonyl (C=O) groups excluding carboxylic acids is 1. The fourth-order valence-corrected chi connectivity index (χ4v) is 2.33. The molecule has 0 unspecified atom stereocenters. The Bertz CT molecular complexity index is 843. The van der Waals surface area contributed by atoms with Gasteiger partial charge in [-0.25, -0.2) is 0 Å². The summed E-state index contributed by atoms with van der Waals surface area (Å²) in [6.45, 7) is 0. The van der Waals surface area contributed by atoms with Gasteiger partial charge in [0.15, 0.2) is 5.82 Å². The van der Waals surface area contributed by atoms with Crippen LogP contribution in [0.1, 0.15) is 15.9 Å². The highest BCUT2D eigenvalue weighted by molar-refractivity contribution is 6.52. The van der Waals surface area contributed by atoms with Gasteiger partial charge in [-0.3, -0.25) is 4.79 Å². The molecule has 2 aromatic rings. The SMILES string of the molecule is O=C1C(c2cccc(OC(F)(F)F)c2)=[N+]([O-])c2c(F)cccc21. The van der Waals surface area contributed by atoms with E-state index in [-0.39, 0.29) is 15.9 Å². The topological polar surface area (TPSA) is 52.4 Å². The summed E-state index contributed by atoms with van der Waals surface area (Å²) in [6.07, 6.45) is -4.91. The van der Waals surface area contributed by atoms with Gasteiger partial charge in [-0.15, -0.1) is 13.2 Å². The molecule has 0 saturated carbocycles. The van der Waals surface area contributed by atoms with Gasteiger partial charge in [-0.1, -0.05) is 12.1 Å². The maximum atomic E-state index is 13.7. The van der Waals surface area contributed by atoms with Crippen LogP contribution >= 0.6 is 0 Å². The molecule has 0 aliphatic carbocycles. The smallest absolute Gasteiger partial charge is 0.573 e. The van der Waals surface area contributed by atoms with Gasteiger partial charge < -0.3 is 9.94 Å². The third kappa shape index (κ3) is 2.63. The predicted molar refractivity (Wildman–Crippen MR) is 71.3 cm³/mol. The molecular formula is C15H7F4NO3. The lowest BCUT2D eigenvalue weighted by molar-refractivity contribution is -0.358. The first-order chi connectivity index (χ1) is 10.8. The van der Waals surface area contributed by atoms with Crippen molar-refractivity contribution in [3.63, 3.8) is 0 Å². The summed E-state index contributed by atoms with van der Waals surface area (Å²) in [6, 6.07) is 7.95. The number of alkyl halides is 3. The van der Waals surface area contributed by atoms with Crippen molar-refractivity contribution in [1.82, 2.24) is 0 Å². The number of fused-ring (bicyclic) bond motifs is 1. The Balaban J connectivity index is 2.08. The molecule has 0 fully saturated rings. The van der Waals surface area contributed by atoms with E-state index in [2.05, 4.69) is 4.74 Å². The molecular weight excluding hydrogens is 318 g/mol. The Morgan fingerprint density at radius 3 is 2.43 bits per heavy atom. The summed E-state index contributed by atoms with van der Waals surface area (Å²) >= 11 is 0. The fraction of sp³-hybridized carbons (Fsp3) is 0.0667. The number of rotatable bonds is 2. The van der Waals surface area contributed by atoms with Crippen LogP contribution in [0.25, 0.3) is 0 Å². The minimum Gasteiger partial charge on any atom is -0.618 e. The number of halogens is 4. The lowest BCUT2D eigenvalue weighted by atomic mass is 10.0. The highest BCUT2D eigenvalue weighted by Gasteiger charge is 2.39. The Morgan fingerprint density at radius 2 is 1.78 bits per heavy atom. The third-order valence-corrected chi connectivity index (χ3v) is 3.19. The van der Waals surface area contributed by atoms with Crippen molar-refractivity contribution in [2.75, 3.05) is 0 Å². The Morgan fingerprint density at radius 1 is 1.09 bits per heavy atom. The summed E-state index contributed by atoms with van der Waals surface area (Å²) < 4.78 is 54.3. The van der Waals surface area contributed by atoms with Gasteiger partial charge in [-0.05, 0) is 30.3 Å². The summed E-state index contributed by atoms with van der Waals surface area (Å²) in [7, 11) is 0. The molecule has 0 radical (unpaired) electrons. The van der Waals surface area contributed by atoms with Crippen LogP contribution in [0.15, 0.2) is 42.5 Å². The van der Waals surface area contributed by atoms with Crippen LogP contribution in [-0.2, 0) is 0 Å². The minimum absolute atomic E-state index is 0.0830. The van der Waals surface area contributed by atoms with Gasteiger partial charge in [0.05, 0.1) is 5.56 Å². The molecule has 0 N–H and O–H groups in total. The summed E-state index contributed by atoms with van der Waals surface area (Å²) in [4.78, 5) is 12.2. The zero-order valence-electron chi connectivity index (χ0n) is 11.2. The maximum absolute atomic E-state index is 13.7. The number of hydrogen-bond acceptors (Lipinski definition) is 3. The summed E-state index contributed by atoms with van der Waals surface area (Å²) in [5.74, 6) is -2.23. The molecule has 1 aliphatic heterocycles. The van der Waals surface area contributed by atoms with Crippen molar-refractivity contribution in [3.8, 4) is 5.75 Å². The van der Waals surface area contributed by atoms with Crippen LogP contribution < -0.4 is 4.74 Å². The molecule has 1 aliphatic rings. The minimum atomic E-state index is -4.91. The van der Waals surface area contributed by atoms with Crippen LogP contribution in [0.2, 0.25) is 0 Å². The molecule has 0 saturated heterocycles. The van der Waals surface area contributed by atoms with Gasteiger partial charge in [0, 0.05) is 0 Å². The van der Waals surface area contributed by atoms with Gasteiger partial charge >= 0.3 is 6.36 Å². The standard InChI is InChI=1S/C15H7F4NO3/c16-11-6-2-5-10-13(11)20(22)12(14(10)21)8-3-1-4-9(7-8)23-15(17,18)19/h1-7H. The lowest BCUT2D eigenvalue weighted by Gasteiger charge is -2.09. The predicted octanol–water partition coefficient (Wildman–Crippen LogP) is 3.55. The van der Waals surface area contributed by atoms with Gasteiger partial charge in [-0.2, -0.15) is 9.13 Å². The largest absolute Gasteiger partial charge is 0.618 e. The molecule has 8 heteroatoms. The molecule has 0 bridgehead atoms. The Kier molecular flexibility index (Phi) is 3.32. The van der Waals surface area contributed by atoms with Crippen LogP contribution in [0.4, 0.5) is 23.2 Å². The molecule has 0 amide bonds. The van der Waals surface area contributed by atoms with Crippen LogP contribution in [0.5, 0.6) is 5.75 Å². The van der Waals surface area contributed by atoms with E-state index in [9.17, 15) is 27.6 Å². The maximum Gasteiger partial charge on any atom is 0.573 e. The summed E-state index contributed by atoms with van der Waals surface area (Å²) in [5, 5.41) is 12.2. The molecule has 1 heterocycles. The van der Waals surface area contributed by atoms with Crippen molar-refractivity contribution in [2.45, 2.75) is 6.36 Å². The molecule has 0 atom stereocenters. The average molecular weight is 325 g/mol. The molecule has 0 aromatic heterocycles. The molecule has 3 rings (SSSR count). The second-order valence-electron chi connectivity index (χ2n) is 4.68. The normalized spacial score (nSPS) is 14.2. The van der Waals surface area contributed by atoms with Crippen molar-refractivity contribution < 1.29 is 31.8 Å². The second kappa shape index (κ2) is 5.08.